The van der Waals surface area contributed by atoms with E-state index in [9.17, 15) is 9.59 Å². The Bertz CT molecular complexity index is 657. The summed E-state index contributed by atoms with van der Waals surface area (Å²) in [6.45, 7) is 2.20. The standard InChI is InChI=1S/C17H24N4O4/c1-24-8-7-20-10-12(9-14(20)22)17(23)21-6-2-3-13(21)15-18-16(25-19-15)11-4-5-11/h11-13H,2-10H2,1H3. The summed E-state index contributed by atoms with van der Waals surface area (Å²) >= 11 is 0. The Balaban J connectivity index is 1.42. The molecule has 0 N–H and O–H groups in total. The zero-order valence-electron chi connectivity index (χ0n) is 14.5. The average Bonchev–Trinajstić information content (AvgIpc) is 3.02. The van der Waals surface area contributed by atoms with Crippen LogP contribution < -0.4 is 0 Å². The maximum absolute atomic E-state index is 13.0. The van der Waals surface area contributed by atoms with Crippen molar-refractivity contribution in [2.45, 2.75) is 44.1 Å². The Morgan fingerprint density at radius 1 is 1.36 bits per heavy atom. The minimum absolute atomic E-state index is 0.0294. The van der Waals surface area contributed by atoms with Gasteiger partial charge in [0.2, 0.25) is 17.7 Å². The van der Waals surface area contributed by atoms with Crippen LogP contribution in [-0.2, 0) is 14.3 Å². The molecule has 2 amide bonds. The first-order valence-corrected chi connectivity index (χ1v) is 9.08. The van der Waals surface area contributed by atoms with Crippen LogP contribution in [0, 0.1) is 5.92 Å². The lowest BCUT2D eigenvalue weighted by Crippen LogP contribution is -2.37. The van der Waals surface area contributed by atoms with E-state index in [-0.39, 0.29) is 30.2 Å². The molecule has 0 bridgehead atoms. The summed E-state index contributed by atoms with van der Waals surface area (Å²) in [7, 11) is 1.61. The molecule has 4 rings (SSSR count). The van der Waals surface area contributed by atoms with Gasteiger partial charge < -0.3 is 19.1 Å². The van der Waals surface area contributed by atoms with Gasteiger partial charge in [-0.05, 0) is 25.7 Å². The lowest BCUT2D eigenvalue weighted by atomic mass is 10.1. The molecule has 2 atom stereocenters. The molecule has 1 saturated carbocycles. The maximum atomic E-state index is 13.0. The van der Waals surface area contributed by atoms with Crippen molar-refractivity contribution in [1.82, 2.24) is 19.9 Å². The number of hydrogen-bond acceptors (Lipinski definition) is 6. The maximum Gasteiger partial charge on any atom is 0.229 e. The third-order valence-electron chi connectivity index (χ3n) is 5.35. The van der Waals surface area contributed by atoms with Gasteiger partial charge in [0.1, 0.15) is 0 Å². The van der Waals surface area contributed by atoms with Crippen molar-refractivity contribution >= 4 is 11.8 Å². The fraction of sp³-hybridized carbons (Fsp3) is 0.765. The van der Waals surface area contributed by atoms with Gasteiger partial charge >= 0.3 is 0 Å². The number of methoxy groups -OCH3 is 1. The van der Waals surface area contributed by atoms with Gasteiger partial charge in [0.05, 0.1) is 18.6 Å². The number of aromatic nitrogens is 2. The van der Waals surface area contributed by atoms with Crippen LogP contribution in [-0.4, -0.2) is 65.1 Å². The van der Waals surface area contributed by atoms with Gasteiger partial charge in [-0.2, -0.15) is 4.98 Å². The number of hydrogen-bond donors (Lipinski definition) is 0. The molecule has 8 nitrogen and oxygen atoms in total. The number of nitrogens with zero attached hydrogens (tertiary/aromatic N) is 4. The van der Waals surface area contributed by atoms with E-state index in [4.69, 9.17) is 9.26 Å². The summed E-state index contributed by atoms with van der Waals surface area (Å²) in [6, 6.07) is -0.119. The second-order valence-electron chi connectivity index (χ2n) is 7.19. The minimum atomic E-state index is -0.278. The number of carbonyl (C=O) groups is 2. The summed E-state index contributed by atoms with van der Waals surface area (Å²) in [6.07, 6.45) is 4.28. The molecule has 0 aromatic carbocycles. The second kappa shape index (κ2) is 6.74. The minimum Gasteiger partial charge on any atom is -0.383 e. The molecule has 2 saturated heterocycles. The molecular weight excluding hydrogens is 324 g/mol. The van der Waals surface area contributed by atoms with E-state index >= 15 is 0 Å². The molecule has 136 valence electrons. The van der Waals surface area contributed by atoms with Crippen LogP contribution in [0.25, 0.3) is 0 Å². The summed E-state index contributed by atoms with van der Waals surface area (Å²) in [5.41, 5.74) is 0. The quantitative estimate of drug-likeness (QED) is 0.765. The monoisotopic (exact) mass is 348 g/mol. The van der Waals surface area contributed by atoms with E-state index in [2.05, 4.69) is 10.1 Å². The highest BCUT2D eigenvalue weighted by Gasteiger charge is 2.41. The largest absolute Gasteiger partial charge is 0.383 e. The van der Waals surface area contributed by atoms with E-state index in [0.717, 1.165) is 25.7 Å². The van der Waals surface area contributed by atoms with Crippen LogP contribution in [0.3, 0.4) is 0 Å². The molecule has 3 heterocycles. The van der Waals surface area contributed by atoms with Crippen LogP contribution in [0.5, 0.6) is 0 Å². The van der Waals surface area contributed by atoms with Crippen molar-refractivity contribution in [3.63, 3.8) is 0 Å². The fourth-order valence-electron chi connectivity index (χ4n) is 3.77. The van der Waals surface area contributed by atoms with Gasteiger partial charge in [0, 0.05) is 39.1 Å². The number of ether oxygens (including phenoxy) is 1. The van der Waals surface area contributed by atoms with Crippen LogP contribution in [0.15, 0.2) is 4.52 Å². The highest BCUT2D eigenvalue weighted by molar-refractivity contribution is 5.89. The van der Waals surface area contributed by atoms with Crippen molar-refractivity contribution in [2.75, 3.05) is 33.4 Å². The van der Waals surface area contributed by atoms with E-state index in [1.807, 2.05) is 4.90 Å². The van der Waals surface area contributed by atoms with Gasteiger partial charge in [-0.3, -0.25) is 9.59 Å². The molecule has 8 heteroatoms. The van der Waals surface area contributed by atoms with Crippen molar-refractivity contribution < 1.29 is 18.8 Å². The number of rotatable bonds is 6. The zero-order valence-corrected chi connectivity index (χ0v) is 14.5. The van der Waals surface area contributed by atoms with E-state index in [1.54, 1.807) is 12.0 Å². The molecule has 0 radical (unpaired) electrons. The van der Waals surface area contributed by atoms with Gasteiger partial charge in [0.25, 0.3) is 0 Å². The lowest BCUT2D eigenvalue weighted by molar-refractivity contribution is -0.136. The third kappa shape index (κ3) is 3.27. The highest BCUT2D eigenvalue weighted by atomic mass is 16.5. The lowest BCUT2D eigenvalue weighted by Gasteiger charge is -2.25. The third-order valence-corrected chi connectivity index (χ3v) is 5.35. The summed E-state index contributed by atoms with van der Waals surface area (Å²) in [4.78, 5) is 33.2. The van der Waals surface area contributed by atoms with Gasteiger partial charge in [-0.15, -0.1) is 0 Å². The summed E-state index contributed by atoms with van der Waals surface area (Å²) in [5.74, 6) is 1.52. The first-order valence-electron chi connectivity index (χ1n) is 9.08. The number of likely N-dealkylation sites (tertiary alicyclic amines) is 2. The normalized spacial score (nSPS) is 26.7. The predicted octanol–water partition coefficient (Wildman–Crippen LogP) is 1.11. The van der Waals surface area contributed by atoms with Crippen molar-refractivity contribution in [3.8, 4) is 0 Å². The molecule has 1 aromatic heterocycles. The fourth-order valence-corrected chi connectivity index (χ4v) is 3.77. The Morgan fingerprint density at radius 3 is 2.96 bits per heavy atom. The Hall–Kier alpha value is -1.96. The molecule has 1 aromatic rings. The molecular formula is C17H24N4O4. The molecule has 0 spiro atoms. The number of amides is 2. The van der Waals surface area contributed by atoms with E-state index in [0.29, 0.717) is 43.9 Å². The summed E-state index contributed by atoms with van der Waals surface area (Å²) in [5, 5.41) is 4.12. The number of carbonyl (C=O) groups excluding carboxylic acids is 2. The summed E-state index contributed by atoms with van der Waals surface area (Å²) < 4.78 is 10.4. The van der Waals surface area contributed by atoms with Crippen LogP contribution >= 0.6 is 0 Å². The Morgan fingerprint density at radius 2 is 2.20 bits per heavy atom. The predicted molar refractivity (Wildman–Crippen MR) is 86.5 cm³/mol. The van der Waals surface area contributed by atoms with Crippen molar-refractivity contribution in [2.24, 2.45) is 5.92 Å². The van der Waals surface area contributed by atoms with Crippen molar-refractivity contribution in [1.29, 1.82) is 0 Å². The van der Waals surface area contributed by atoms with Crippen LogP contribution in [0.2, 0.25) is 0 Å². The van der Waals surface area contributed by atoms with E-state index in [1.165, 1.54) is 0 Å². The SMILES string of the molecule is COCCN1CC(C(=O)N2CCCC2c2noc(C3CC3)n2)CC1=O. The molecule has 3 fully saturated rings. The first-order chi connectivity index (χ1) is 12.2. The van der Waals surface area contributed by atoms with Gasteiger partial charge in [0.15, 0.2) is 5.82 Å². The van der Waals surface area contributed by atoms with Crippen LogP contribution in [0.1, 0.15) is 55.8 Å². The van der Waals surface area contributed by atoms with E-state index < -0.39 is 0 Å². The average molecular weight is 348 g/mol. The molecule has 1 aliphatic carbocycles. The van der Waals surface area contributed by atoms with Gasteiger partial charge in [-0.1, -0.05) is 5.16 Å². The zero-order chi connectivity index (χ0) is 17.4. The smallest absolute Gasteiger partial charge is 0.229 e. The topological polar surface area (TPSA) is 88.8 Å². The molecule has 2 unspecified atom stereocenters. The molecule has 2 aliphatic heterocycles. The van der Waals surface area contributed by atoms with Crippen molar-refractivity contribution in [3.05, 3.63) is 11.7 Å². The molecule has 25 heavy (non-hydrogen) atoms. The first kappa shape index (κ1) is 16.5. The molecule has 3 aliphatic rings. The van der Waals surface area contributed by atoms with Crippen LogP contribution in [0.4, 0.5) is 0 Å². The highest BCUT2D eigenvalue weighted by Crippen LogP contribution is 2.40. The second-order valence-corrected chi connectivity index (χ2v) is 7.19. The van der Waals surface area contributed by atoms with Gasteiger partial charge in [-0.25, -0.2) is 0 Å². The Labute approximate surface area is 146 Å². The Kier molecular flexibility index (Phi) is 4.45.